The molecule has 0 saturated carbocycles. The Morgan fingerprint density at radius 2 is 1.60 bits per heavy atom. The smallest absolute Gasteiger partial charge is 0.433 e. The van der Waals surface area contributed by atoms with E-state index in [-0.39, 0.29) is 24.7 Å². The van der Waals surface area contributed by atoms with Crippen molar-refractivity contribution in [3.8, 4) is 5.75 Å². The third kappa shape index (κ3) is 9.92. The fraction of sp³-hybridized carbons (Fsp3) is 0.300. The molecule has 1 unspecified atom stereocenters. The van der Waals surface area contributed by atoms with Gasteiger partial charge in [0.25, 0.3) is 11.8 Å². The lowest BCUT2D eigenvalue weighted by molar-refractivity contribution is -0.141. The second kappa shape index (κ2) is 14.4. The molecule has 1 atom stereocenters. The first-order valence-electron chi connectivity index (χ1n) is 13.7. The molecule has 0 spiro atoms. The predicted molar refractivity (Wildman–Crippen MR) is 150 cm³/mol. The molecular formula is C30H25F9N4O4. The molecule has 0 radical (unpaired) electrons. The van der Waals surface area contributed by atoms with Gasteiger partial charge < -0.3 is 25.4 Å². The summed E-state index contributed by atoms with van der Waals surface area (Å²) in [6.45, 7) is 1.47. The van der Waals surface area contributed by atoms with E-state index < -0.39 is 69.9 Å². The highest BCUT2D eigenvalue weighted by Crippen LogP contribution is 2.38. The van der Waals surface area contributed by atoms with Crippen molar-refractivity contribution in [3.05, 3.63) is 88.8 Å². The van der Waals surface area contributed by atoms with Crippen LogP contribution in [0.15, 0.2) is 66.4 Å². The first-order valence-corrected chi connectivity index (χ1v) is 13.7. The number of hydrogen-bond acceptors (Lipinski definition) is 6. The van der Waals surface area contributed by atoms with Crippen LogP contribution in [0, 0.1) is 0 Å². The number of ether oxygens (including phenoxy) is 2. The van der Waals surface area contributed by atoms with Crippen molar-refractivity contribution in [1.82, 2.24) is 10.3 Å². The van der Waals surface area contributed by atoms with Crippen LogP contribution < -0.4 is 20.7 Å². The van der Waals surface area contributed by atoms with E-state index in [0.717, 1.165) is 42.5 Å². The van der Waals surface area contributed by atoms with Crippen molar-refractivity contribution in [2.75, 3.05) is 36.9 Å². The molecule has 1 aromatic heterocycles. The Kier molecular flexibility index (Phi) is 10.8. The van der Waals surface area contributed by atoms with Gasteiger partial charge in [-0.15, -0.1) is 0 Å². The van der Waals surface area contributed by atoms with Gasteiger partial charge in [0.2, 0.25) is 0 Å². The molecular weight excluding hydrogens is 651 g/mol. The van der Waals surface area contributed by atoms with Gasteiger partial charge in [-0.05, 0) is 54.1 Å². The van der Waals surface area contributed by atoms with Gasteiger partial charge in [0, 0.05) is 37.1 Å². The first kappa shape index (κ1) is 35.2. The first-order chi connectivity index (χ1) is 22.0. The maximum atomic E-state index is 13.9. The molecule has 1 saturated heterocycles. The number of nitrogens with one attached hydrogen (secondary N) is 3. The molecule has 3 N–H and O–H groups in total. The van der Waals surface area contributed by atoms with Crippen molar-refractivity contribution in [1.29, 1.82) is 0 Å². The number of hydrogen-bond donors (Lipinski definition) is 3. The van der Waals surface area contributed by atoms with Crippen LogP contribution in [-0.2, 0) is 32.9 Å². The molecule has 252 valence electrons. The van der Waals surface area contributed by atoms with Crippen LogP contribution in [0.1, 0.15) is 28.8 Å². The van der Waals surface area contributed by atoms with Crippen LogP contribution in [0.3, 0.4) is 0 Å². The minimum absolute atomic E-state index is 0.120. The summed E-state index contributed by atoms with van der Waals surface area (Å²) in [6, 6.07) is 7.32. The van der Waals surface area contributed by atoms with E-state index in [1.807, 2.05) is 0 Å². The number of pyridine rings is 1. The molecule has 2 aromatic carbocycles. The monoisotopic (exact) mass is 676 g/mol. The highest BCUT2D eigenvalue weighted by Gasteiger charge is 2.36. The maximum absolute atomic E-state index is 13.9. The van der Waals surface area contributed by atoms with Gasteiger partial charge in [-0.25, -0.2) is 0 Å². The average molecular weight is 677 g/mol. The van der Waals surface area contributed by atoms with Gasteiger partial charge in [-0.2, -0.15) is 39.5 Å². The van der Waals surface area contributed by atoms with Gasteiger partial charge >= 0.3 is 18.5 Å². The normalized spacial score (nSPS) is 16.0. The number of anilines is 2. The summed E-state index contributed by atoms with van der Waals surface area (Å²) in [5.74, 6) is -3.21. The average Bonchev–Trinajstić information content (AvgIpc) is 3.00. The number of amides is 2. The summed E-state index contributed by atoms with van der Waals surface area (Å²) in [4.78, 5) is 29.6. The van der Waals surface area contributed by atoms with Crippen LogP contribution in [0.2, 0.25) is 0 Å². The molecule has 0 bridgehead atoms. The SMILES string of the molecule is O=C(Nc1cccc(C(F)(F)F)c1)C(=Cc1ccc(C(F)(F)F)nc1)C(=O)Nc1ccc(OCCC2CNCCO2)c(C(F)(F)F)c1. The number of halogens is 9. The molecule has 3 aromatic rings. The van der Waals surface area contributed by atoms with Crippen molar-refractivity contribution in [3.63, 3.8) is 0 Å². The van der Waals surface area contributed by atoms with Crippen molar-refractivity contribution >= 4 is 29.3 Å². The minimum Gasteiger partial charge on any atom is -0.493 e. The zero-order valence-corrected chi connectivity index (χ0v) is 23.9. The lowest BCUT2D eigenvalue weighted by Gasteiger charge is -2.24. The molecule has 1 fully saturated rings. The molecule has 1 aliphatic rings. The highest BCUT2D eigenvalue weighted by atomic mass is 19.4. The van der Waals surface area contributed by atoms with Crippen molar-refractivity contribution in [2.24, 2.45) is 0 Å². The Morgan fingerprint density at radius 3 is 2.17 bits per heavy atom. The summed E-state index contributed by atoms with van der Waals surface area (Å²) in [7, 11) is 0. The van der Waals surface area contributed by atoms with E-state index in [1.165, 1.54) is 0 Å². The summed E-state index contributed by atoms with van der Waals surface area (Å²) < 4.78 is 131. The van der Waals surface area contributed by atoms with Crippen LogP contribution in [0.4, 0.5) is 50.9 Å². The van der Waals surface area contributed by atoms with E-state index in [2.05, 4.69) is 20.9 Å². The lowest BCUT2D eigenvalue weighted by atomic mass is 10.1. The number of carbonyl (C=O) groups excluding carboxylic acids is 2. The zero-order chi connectivity index (χ0) is 34.4. The summed E-state index contributed by atoms with van der Waals surface area (Å²) >= 11 is 0. The number of nitrogens with zero attached hydrogens (tertiary/aromatic N) is 1. The number of carbonyl (C=O) groups is 2. The van der Waals surface area contributed by atoms with E-state index in [9.17, 15) is 49.1 Å². The predicted octanol–water partition coefficient (Wildman–Crippen LogP) is 6.56. The van der Waals surface area contributed by atoms with Crippen molar-refractivity contribution in [2.45, 2.75) is 31.1 Å². The van der Waals surface area contributed by atoms with E-state index in [0.29, 0.717) is 44.1 Å². The molecule has 4 rings (SSSR count). The highest BCUT2D eigenvalue weighted by molar-refractivity contribution is 6.28. The zero-order valence-electron chi connectivity index (χ0n) is 23.9. The van der Waals surface area contributed by atoms with E-state index in [4.69, 9.17) is 9.47 Å². The van der Waals surface area contributed by atoms with Gasteiger partial charge in [-0.3, -0.25) is 14.6 Å². The summed E-state index contributed by atoms with van der Waals surface area (Å²) in [5, 5.41) is 7.28. The van der Waals surface area contributed by atoms with E-state index in [1.54, 1.807) is 0 Å². The second-order valence-corrected chi connectivity index (χ2v) is 10.1. The summed E-state index contributed by atoms with van der Waals surface area (Å²) in [5.41, 5.74) is -5.62. The van der Waals surface area contributed by atoms with Crippen molar-refractivity contribution < 1.29 is 58.6 Å². The molecule has 17 heteroatoms. The number of morpholine rings is 1. The lowest BCUT2D eigenvalue weighted by Crippen LogP contribution is -2.39. The van der Waals surface area contributed by atoms with Gasteiger partial charge in [0.15, 0.2) is 0 Å². The summed E-state index contributed by atoms with van der Waals surface area (Å²) in [6.07, 6.45) is -13.1. The van der Waals surface area contributed by atoms with Crippen LogP contribution in [0.25, 0.3) is 6.08 Å². The molecule has 47 heavy (non-hydrogen) atoms. The number of rotatable bonds is 9. The standard InChI is InChI=1S/C30H25F9N4O4/c31-28(32,33)18-2-1-3-19(13-18)42-26(44)22(12-17-4-7-25(41-15-17)30(37,38)39)27(45)43-20-5-6-24(23(14-20)29(34,35)36)47-10-8-21-16-40-9-11-46-21/h1-7,12-15,21,40H,8-11,16H2,(H,42,44)(H,43,45). The Morgan fingerprint density at radius 1 is 0.894 bits per heavy atom. The quantitative estimate of drug-likeness (QED) is 0.103. The van der Waals surface area contributed by atoms with Crippen LogP contribution in [-0.4, -0.2) is 49.2 Å². The largest absolute Gasteiger partial charge is 0.493 e. The minimum atomic E-state index is -4.94. The fourth-order valence-electron chi connectivity index (χ4n) is 4.29. The topological polar surface area (TPSA) is 102 Å². The molecule has 1 aliphatic heterocycles. The van der Waals surface area contributed by atoms with Crippen LogP contribution in [0.5, 0.6) is 5.75 Å². The van der Waals surface area contributed by atoms with Gasteiger partial charge in [-0.1, -0.05) is 12.1 Å². The maximum Gasteiger partial charge on any atom is 0.433 e. The van der Waals surface area contributed by atoms with E-state index >= 15 is 0 Å². The molecule has 2 heterocycles. The van der Waals surface area contributed by atoms with Crippen LogP contribution >= 0.6 is 0 Å². The molecule has 2 amide bonds. The third-order valence-corrected chi connectivity index (χ3v) is 6.57. The number of benzene rings is 2. The Balaban J connectivity index is 1.60. The second-order valence-electron chi connectivity index (χ2n) is 10.1. The van der Waals surface area contributed by atoms with Gasteiger partial charge in [0.1, 0.15) is 17.0 Å². The third-order valence-electron chi connectivity index (χ3n) is 6.57. The Bertz CT molecular complexity index is 1600. The Hall–Kier alpha value is -4.64. The molecule has 8 nitrogen and oxygen atoms in total. The number of aromatic nitrogens is 1. The number of alkyl halides is 9. The van der Waals surface area contributed by atoms with Gasteiger partial charge in [0.05, 0.1) is 30.4 Å². The fourth-order valence-corrected chi connectivity index (χ4v) is 4.29. The molecule has 0 aliphatic carbocycles. The Labute approximate surface area is 261 Å².